The summed E-state index contributed by atoms with van der Waals surface area (Å²) >= 11 is 0. The third-order valence-corrected chi connectivity index (χ3v) is 6.14. The number of hydrogen-bond acceptors (Lipinski definition) is 3. The summed E-state index contributed by atoms with van der Waals surface area (Å²) in [4.78, 5) is 12.8. The predicted octanol–water partition coefficient (Wildman–Crippen LogP) is 3.13. The van der Waals surface area contributed by atoms with Gasteiger partial charge in [-0.2, -0.15) is 0 Å². The van der Waals surface area contributed by atoms with Crippen molar-refractivity contribution < 1.29 is 9.53 Å². The van der Waals surface area contributed by atoms with Gasteiger partial charge in [-0.05, 0) is 76.0 Å². The lowest BCUT2D eigenvalue weighted by atomic mass is 9.48. The van der Waals surface area contributed by atoms with E-state index in [-0.39, 0.29) is 11.5 Å². The number of ether oxygens (including phenoxy) is 1. The Bertz CT molecular complexity index is 351. The number of hydrogen-bond donors (Lipinski definition) is 1. The molecule has 4 fully saturated rings. The summed E-state index contributed by atoms with van der Waals surface area (Å²) in [6.45, 7) is 6.80. The van der Waals surface area contributed by atoms with Crippen molar-refractivity contribution >= 4 is 5.97 Å². The van der Waals surface area contributed by atoms with E-state index in [1.54, 1.807) is 0 Å². The maximum absolute atomic E-state index is 12.8. The largest absolute Gasteiger partial charge is 0.465 e. The molecule has 0 aromatic heterocycles. The second kappa shape index (κ2) is 5.32. The molecular weight excluding hydrogens is 250 g/mol. The smallest absolute Gasteiger partial charge is 0.326 e. The van der Waals surface area contributed by atoms with Gasteiger partial charge in [0.2, 0.25) is 0 Å². The second-order valence-electron chi connectivity index (χ2n) is 7.35. The van der Waals surface area contributed by atoms with Gasteiger partial charge in [0, 0.05) is 6.04 Å². The highest BCUT2D eigenvalue weighted by Crippen LogP contribution is 2.58. The minimum atomic E-state index is -0.376. The molecule has 1 unspecified atom stereocenters. The average molecular weight is 279 g/mol. The van der Waals surface area contributed by atoms with Crippen LogP contribution in [0.1, 0.15) is 59.3 Å². The standard InChI is InChI=1S/C17H29NO2/c1-4-11(3)18-17(16(19)20-5-2)14-7-12-6-13(9-14)10-15(17)8-12/h11-15,18H,4-10H2,1-3H3. The molecule has 1 N–H and O–H groups in total. The van der Waals surface area contributed by atoms with Crippen LogP contribution in [0.3, 0.4) is 0 Å². The zero-order chi connectivity index (χ0) is 14.3. The Labute approximate surface area is 122 Å². The molecule has 0 radical (unpaired) electrons. The van der Waals surface area contributed by atoms with Crippen LogP contribution in [0.25, 0.3) is 0 Å². The second-order valence-corrected chi connectivity index (χ2v) is 7.35. The minimum absolute atomic E-state index is 0.0362. The third kappa shape index (κ3) is 2.09. The van der Waals surface area contributed by atoms with E-state index in [0.717, 1.165) is 18.3 Å². The molecule has 114 valence electrons. The van der Waals surface area contributed by atoms with Crippen molar-refractivity contribution in [3.05, 3.63) is 0 Å². The molecule has 0 amide bonds. The van der Waals surface area contributed by atoms with Gasteiger partial charge in [0.1, 0.15) is 5.54 Å². The SMILES string of the molecule is CCOC(=O)C1(NC(C)CC)C2CC3CC(C2)CC1C3. The summed E-state index contributed by atoms with van der Waals surface area (Å²) in [6.07, 6.45) is 7.40. The van der Waals surface area contributed by atoms with E-state index in [2.05, 4.69) is 19.2 Å². The van der Waals surface area contributed by atoms with E-state index in [0.29, 0.717) is 24.5 Å². The summed E-state index contributed by atoms with van der Waals surface area (Å²) in [5.41, 5.74) is -0.376. The first-order chi connectivity index (χ1) is 9.60. The first kappa shape index (κ1) is 14.4. The number of nitrogens with one attached hydrogen (secondary N) is 1. The van der Waals surface area contributed by atoms with E-state index >= 15 is 0 Å². The fourth-order valence-electron chi connectivity index (χ4n) is 5.32. The molecule has 20 heavy (non-hydrogen) atoms. The van der Waals surface area contributed by atoms with Crippen LogP contribution in [0.15, 0.2) is 0 Å². The predicted molar refractivity (Wildman–Crippen MR) is 79.3 cm³/mol. The molecule has 0 aromatic rings. The highest BCUT2D eigenvalue weighted by molar-refractivity contribution is 5.82. The van der Waals surface area contributed by atoms with E-state index in [1.807, 2.05) is 6.92 Å². The molecule has 3 heteroatoms. The van der Waals surface area contributed by atoms with Gasteiger partial charge in [-0.1, -0.05) is 6.92 Å². The van der Waals surface area contributed by atoms with Gasteiger partial charge in [0.25, 0.3) is 0 Å². The Morgan fingerprint density at radius 3 is 2.15 bits per heavy atom. The summed E-state index contributed by atoms with van der Waals surface area (Å²) in [5.74, 6) is 2.80. The van der Waals surface area contributed by atoms with Crippen LogP contribution in [-0.4, -0.2) is 24.2 Å². The molecule has 0 aromatic carbocycles. The first-order valence-corrected chi connectivity index (χ1v) is 8.55. The van der Waals surface area contributed by atoms with Gasteiger partial charge in [-0.25, -0.2) is 0 Å². The lowest BCUT2D eigenvalue weighted by Gasteiger charge is -2.60. The van der Waals surface area contributed by atoms with Crippen LogP contribution in [0, 0.1) is 23.7 Å². The number of esters is 1. The van der Waals surface area contributed by atoms with E-state index in [1.165, 1.54) is 32.1 Å². The van der Waals surface area contributed by atoms with Gasteiger partial charge in [0.05, 0.1) is 6.61 Å². The van der Waals surface area contributed by atoms with Crippen molar-refractivity contribution in [2.24, 2.45) is 23.7 Å². The van der Waals surface area contributed by atoms with Gasteiger partial charge in [-0.3, -0.25) is 10.1 Å². The quantitative estimate of drug-likeness (QED) is 0.786. The van der Waals surface area contributed by atoms with Crippen LogP contribution >= 0.6 is 0 Å². The van der Waals surface area contributed by atoms with Crippen molar-refractivity contribution in [3.63, 3.8) is 0 Å². The summed E-state index contributed by atoms with van der Waals surface area (Å²) in [7, 11) is 0. The number of carbonyl (C=O) groups excluding carboxylic acids is 1. The van der Waals surface area contributed by atoms with Crippen molar-refractivity contribution in [1.29, 1.82) is 0 Å². The van der Waals surface area contributed by atoms with E-state index < -0.39 is 0 Å². The highest BCUT2D eigenvalue weighted by atomic mass is 16.5. The Hall–Kier alpha value is -0.570. The molecule has 0 spiro atoms. The Balaban J connectivity index is 1.91. The van der Waals surface area contributed by atoms with Gasteiger partial charge in [0.15, 0.2) is 0 Å². The van der Waals surface area contributed by atoms with Crippen molar-refractivity contribution in [1.82, 2.24) is 5.32 Å². The van der Waals surface area contributed by atoms with Crippen molar-refractivity contribution in [2.45, 2.75) is 70.9 Å². The molecule has 3 nitrogen and oxygen atoms in total. The number of carbonyl (C=O) groups is 1. The van der Waals surface area contributed by atoms with Crippen LogP contribution in [0.2, 0.25) is 0 Å². The zero-order valence-electron chi connectivity index (χ0n) is 13.2. The van der Waals surface area contributed by atoms with Crippen molar-refractivity contribution in [3.8, 4) is 0 Å². The average Bonchev–Trinajstić information content (AvgIpc) is 2.42. The molecule has 0 saturated heterocycles. The van der Waals surface area contributed by atoms with E-state index in [4.69, 9.17) is 4.74 Å². The third-order valence-electron chi connectivity index (χ3n) is 6.14. The molecule has 4 aliphatic rings. The molecule has 4 aliphatic carbocycles. The molecule has 4 rings (SSSR count). The summed E-state index contributed by atoms with van der Waals surface area (Å²) < 4.78 is 5.52. The topological polar surface area (TPSA) is 38.3 Å². The molecule has 1 atom stereocenters. The van der Waals surface area contributed by atoms with Crippen molar-refractivity contribution in [2.75, 3.05) is 6.61 Å². The first-order valence-electron chi connectivity index (χ1n) is 8.55. The number of rotatable bonds is 5. The van der Waals surface area contributed by atoms with Gasteiger partial charge >= 0.3 is 5.97 Å². The fraction of sp³-hybridized carbons (Fsp3) is 0.941. The Morgan fingerprint density at radius 1 is 1.15 bits per heavy atom. The molecular formula is C17H29NO2. The van der Waals surface area contributed by atoms with Crippen LogP contribution < -0.4 is 5.32 Å². The lowest BCUT2D eigenvalue weighted by molar-refractivity contribution is -0.171. The Morgan fingerprint density at radius 2 is 1.70 bits per heavy atom. The summed E-state index contributed by atoms with van der Waals surface area (Å²) in [6, 6.07) is 0.386. The van der Waals surface area contributed by atoms with E-state index in [9.17, 15) is 4.79 Å². The van der Waals surface area contributed by atoms with Gasteiger partial charge in [-0.15, -0.1) is 0 Å². The molecule has 0 aliphatic heterocycles. The lowest BCUT2D eigenvalue weighted by Crippen LogP contribution is -2.70. The highest BCUT2D eigenvalue weighted by Gasteiger charge is 2.61. The molecule has 0 heterocycles. The van der Waals surface area contributed by atoms with Crippen LogP contribution in [0.5, 0.6) is 0 Å². The monoisotopic (exact) mass is 279 g/mol. The molecule has 4 saturated carbocycles. The maximum Gasteiger partial charge on any atom is 0.326 e. The normalized spacial score (nSPS) is 43.5. The van der Waals surface area contributed by atoms with Gasteiger partial charge < -0.3 is 4.74 Å². The zero-order valence-corrected chi connectivity index (χ0v) is 13.2. The van der Waals surface area contributed by atoms with Crippen LogP contribution in [0.4, 0.5) is 0 Å². The fourth-order valence-corrected chi connectivity index (χ4v) is 5.32. The van der Waals surface area contributed by atoms with Crippen LogP contribution in [-0.2, 0) is 9.53 Å². The molecule has 4 bridgehead atoms. The summed E-state index contributed by atoms with van der Waals surface area (Å²) in [5, 5.41) is 3.74. The Kier molecular flexibility index (Phi) is 3.83. The maximum atomic E-state index is 12.8. The minimum Gasteiger partial charge on any atom is -0.465 e.